The summed E-state index contributed by atoms with van der Waals surface area (Å²) in [6.07, 6.45) is -1.47. The Hall–Kier alpha value is -4.52. The number of nitrogens with two attached hydrogens (primary N) is 2. The number of aromatic nitrogens is 8. The zero-order valence-corrected chi connectivity index (χ0v) is 22.6. The third-order valence-corrected chi connectivity index (χ3v) is 8.50. The van der Waals surface area contributed by atoms with E-state index in [1.165, 1.54) is 28.1 Å². The molecule has 8 N–H and O–H groups in total. The molecule has 0 radical (unpaired) electrons. The Morgan fingerprint density at radius 1 is 0.860 bits per heavy atom. The number of amides is 1. The van der Waals surface area contributed by atoms with Gasteiger partial charge in [-0.15, -0.1) is 0 Å². The molecule has 43 heavy (non-hydrogen) atoms. The molecule has 0 aliphatic carbocycles. The van der Waals surface area contributed by atoms with Gasteiger partial charge in [0.1, 0.15) is 30.0 Å². The normalized spacial score (nSPS) is 31.9. The first-order valence-corrected chi connectivity index (χ1v) is 13.8. The van der Waals surface area contributed by atoms with E-state index in [4.69, 9.17) is 20.9 Å². The lowest BCUT2D eigenvalue weighted by Gasteiger charge is -2.23. The van der Waals surface area contributed by atoms with Crippen LogP contribution in [-0.4, -0.2) is 91.9 Å². The van der Waals surface area contributed by atoms with Crippen LogP contribution < -0.4 is 22.3 Å². The first-order valence-electron chi connectivity index (χ1n) is 13.8. The second-order valence-electron chi connectivity index (χ2n) is 11.1. The van der Waals surface area contributed by atoms with Gasteiger partial charge in [-0.25, -0.2) is 19.9 Å². The van der Waals surface area contributed by atoms with E-state index in [1.54, 1.807) is 0 Å². The van der Waals surface area contributed by atoms with E-state index in [1.807, 2.05) is 0 Å². The summed E-state index contributed by atoms with van der Waals surface area (Å²) in [6, 6.07) is 0. The summed E-state index contributed by atoms with van der Waals surface area (Å²) in [5, 5.41) is 25.4. The van der Waals surface area contributed by atoms with E-state index in [9.17, 15) is 24.6 Å². The van der Waals surface area contributed by atoms with Crippen molar-refractivity contribution >= 4 is 45.8 Å². The van der Waals surface area contributed by atoms with Gasteiger partial charge in [0.15, 0.2) is 28.9 Å². The van der Waals surface area contributed by atoms with E-state index in [0.29, 0.717) is 11.2 Å². The molecule has 3 fully saturated rings. The van der Waals surface area contributed by atoms with E-state index >= 15 is 0 Å². The Bertz CT molecular complexity index is 1790. The zero-order valence-electron chi connectivity index (χ0n) is 22.6. The Morgan fingerprint density at radius 3 is 2.42 bits per heavy atom. The highest BCUT2D eigenvalue weighted by Crippen LogP contribution is 2.41. The van der Waals surface area contributed by atoms with Crippen LogP contribution >= 0.6 is 0 Å². The van der Waals surface area contributed by atoms with Crippen molar-refractivity contribution in [1.29, 1.82) is 0 Å². The van der Waals surface area contributed by atoms with Gasteiger partial charge in [0.2, 0.25) is 11.9 Å². The summed E-state index contributed by atoms with van der Waals surface area (Å²) < 4.78 is 15.4. The van der Waals surface area contributed by atoms with Gasteiger partial charge in [-0.05, 0) is 6.42 Å². The first-order chi connectivity index (χ1) is 20.7. The number of carbonyl (C=O) groups is 2. The Kier molecular flexibility index (Phi) is 6.56. The molecule has 8 atom stereocenters. The van der Waals surface area contributed by atoms with Crippen LogP contribution in [-0.2, 0) is 19.1 Å². The van der Waals surface area contributed by atoms with Crippen LogP contribution in [0, 0.1) is 11.8 Å². The predicted molar refractivity (Wildman–Crippen MR) is 146 cm³/mol. The molecule has 7 rings (SSSR count). The average molecular weight is 596 g/mol. The number of fused-ring (bicyclic) bond motifs is 5. The SMILES string of the molecule is Nc1nc2c(ncn2[C@@H]2O[C@@H]3CCC(=O)C[C@@H]4C(O)[C@H](n5cnc6c(N)ncnc65)O[C@@H]4CNC(=O)C[C@H]2C3O)c(=O)[nH]1. The molecule has 1 amide bonds. The molecule has 7 heterocycles. The number of rotatable bonds is 2. The molecule has 0 spiro atoms. The number of imidazole rings is 2. The number of ketones is 1. The molecule has 18 nitrogen and oxygen atoms in total. The molecular formula is C25H29N11O7. The molecule has 18 heteroatoms. The van der Waals surface area contributed by atoms with E-state index in [2.05, 4.69) is 35.2 Å². The number of Topliss-reactive ketones (excluding diaryl/α,β-unsaturated/α-hetero) is 1. The lowest BCUT2D eigenvalue weighted by molar-refractivity contribution is -0.124. The average Bonchev–Trinajstić information content (AvgIpc) is 3.72. The van der Waals surface area contributed by atoms with Crippen molar-refractivity contribution in [2.24, 2.45) is 11.8 Å². The monoisotopic (exact) mass is 595 g/mol. The van der Waals surface area contributed by atoms with Gasteiger partial charge in [0.25, 0.3) is 5.56 Å². The summed E-state index contributed by atoms with van der Waals surface area (Å²) in [5.41, 5.74) is 12.0. The molecule has 3 aliphatic rings. The lowest BCUT2D eigenvalue weighted by atomic mass is 9.90. The number of ether oxygens (including phenoxy) is 2. The molecule has 4 aromatic rings. The number of nitrogens with zero attached hydrogens (tertiary/aromatic N) is 7. The highest BCUT2D eigenvalue weighted by Gasteiger charge is 2.49. The highest BCUT2D eigenvalue weighted by molar-refractivity contribution is 5.81. The smallest absolute Gasteiger partial charge is 0.280 e. The maximum absolute atomic E-state index is 13.2. The second kappa shape index (κ2) is 10.3. The number of nitrogen functional groups attached to an aromatic ring is 2. The molecule has 3 saturated heterocycles. The minimum Gasteiger partial charge on any atom is -0.390 e. The van der Waals surface area contributed by atoms with Crippen molar-refractivity contribution in [1.82, 2.24) is 44.4 Å². The number of carbonyl (C=O) groups excluding carboxylic acids is 2. The van der Waals surface area contributed by atoms with Crippen LogP contribution in [0.5, 0.6) is 0 Å². The predicted octanol–water partition coefficient (Wildman–Crippen LogP) is -1.87. The minimum atomic E-state index is -1.12. The van der Waals surface area contributed by atoms with Crippen LogP contribution in [0.15, 0.2) is 23.8 Å². The lowest BCUT2D eigenvalue weighted by Crippen LogP contribution is -2.39. The summed E-state index contributed by atoms with van der Waals surface area (Å²) >= 11 is 0. The van der Waals surface area contributed by atoms with E-state index in [-0.39, 0.29) is 60.9 Å². The number of aromatic amines is 1. The third-order valence-electron chi connectivity index (χ3n) is 8.50. The molecular weight excluding hydrogens is 566 g/mol. The van der Waals surface area contributed by atoms with E-state index < -0.39 is 60.2 Å². The van der Waals surface area contributed by atoms with Gasteiger partial charge >= 0.3 is 0 Å². The molecule has 4 aromatic heterocycles. The first kappa shape index (κ1) is 27.3. The van der Waals surface area contributed by atoms with Gasteiger partial charge in [-0.2, -0.15) is 4.98 Å². The van der Waals surface area contributed by atoms with Crippen molar-refractivity contribution < 1.29 is 29.3 Å². The summed E-state index contributed by atoms with van der Waals surface area (Å²) in [5.74, 6) is -1.93. The van der Waals surface area contributed by atoms with Crippen LogP contribution in [0.1, 0.15) is 38.1 Å². The van der Waals surface area contributed by atoms with Crippen molar-refractivity contribution in [2.45, 2.75) is 62.6 Å². The molecule has 0 aromatic carbocycles. The van der Waals surface area contributed by atoms with Crippen LogP contribution in [0.4, 0.5) is 11.8 Å². The number of anilines is 2. The maximum atomic E-state index is 13.2. The number of aliphatic hydroxyl groups is 2. The Labute approximate surface area is 241 Å². The Balaban J connectivity index is 1.16. The Morgan fingerprint density at radius 2 is 1.60 bits per heavy atom. The van der Waals surface area contributed by atoms with Gasteiger partial charge in [0.05, 0.1) is 31.0 Å². The highest BCUT2D eigenvalue weighted by atomic mass is 16.5. The third kappa shape index (κ3) is 4.58. The topological polar surface area (TPSA) is 264 Å². The number of hydrogen-bond acceptors (Lipinski definition) is 14. The molecule has 2 unspecified atom stereocenters. The number of H-pyrrole nitrogens is 1. The largest absolute Gasteiger partial charge is 0.390 e. The van der Waals surface area contributed by atoms with Gasteiger partial charge in [0, 0.05) is 37.6 Å². The summed E-state index contributed by atoms with van der Waals surface area (Å²) in [6.45, 7) is -0.00662. The van der Waals surface area contributed by atoms with Crippen LogP contribution in [0.3, 0.4) is 0 Å². The number of nitrogens with one attached hydrogen (secondary N) is 2. The second-order valence-corrected chi connectivity index (χ2v) is 11.1. The molecule has 0 saturated carbocycles. The fourth-order valence-electron chi connectivity index (χ4n) is 6.37. The fourth-order valence-corrected chi connectivity index (χ4v) is 6.37. The van der Waals surface area contributed by atoms with Gasteiger partial charge < -0.3 is 36.5 Å². The number of hydrogen-bond donors (Lipinski definition) is 6. The molecule has 3 aliphatic heterocycles. The van der Waals surface area contributed by atoms with Crippen molar-refractivity contribution in [3.63, 3.8) is 0 Å². The maximum Gasteiger partial charge on any atom is 0.280 e. The molecule has 226 valence electrons. The van der Waals surface area contributed by atoms with Crippen molar-refractivity contribution in [3.8, 4) is 0 Å². The van der Waals surface area contributed by atoms with Crippen LogP contribution in [0.2, 0.25) is 0 Å². The van der Waals surface area contributed by atoms with Gasteiger partial charge in [-0.1, -0.05) is 0 Å². The standard InChI is InChI=1S/C25H29N11O7/c26-19-15-20(30-6-29-19)35(7-31-15)24-18(40)10-3-9(37)1-2-12-17(39)11(4-14(38)28-5-13(10)43-24)23(42-12)36-8-32-16-21(36)33-25(27)34-22(16)41/h6-8,10-13,17-18,23-24,39-40H,1-5H2,(H,28,38)(H2,26,29,30)(H3,27,33,34,41)/t10-,11-,12+,13+,17?,18?,23+,24+/m0/s1. The fraction of sp³-hybridized carbons (Fsp3) is 0.520. The van der Waals surface area contributed by atoms with Crippen molar-refractivity contribution in [3.05, 3.63) is 29.3 Å². The number of aliphatic hydroxyl groups excluding tert-OH is 2. The van der Waals surface area contributed by atoms with Gasteiger partial charge in [-0.3, -0.25) is 28.5 Å². The summed E-state index contributed by atoms with van der Waals surface area (Å²) in [7, 11) is 0. The van der Waals surface area contributed by atoms with E-state index in [0.717, 1.165) is 0 Å². The molecule has 2 bridgehead atoms. The van der Waals surface area contributed by atoms with Crippen LogP contribution in [0.25, 0.3) is 22.3 Å². The minimum absolute atomic E-state index is 0.00662. The van der Waals surface area contributed by atoms with Crippen molar-refractivity contribution in [2.75, 3.05) is 18.0 Å². The quantitative estimate of drug-likeness (QED) is 0.148. The summed E-state index contributed by atoms with van der Waals surface area (Å²) in [4.78, 5) is 61.8. The zero-order chi connectivity index (χ0) is 30.0.